The largest absolute Gasteiger partial charge is 0.456 e. The quantitative estimate of drug-likeness (QED) is 0.583. The number of rotatable bonds is 7. The van der Waals surface area contributed by atoms with Crippen LogP contribution < -0.4 is 5.73 Å². The molecular weight excluding hydrogens is 374 g/mol. The maximum atomic E-state index is 12.6. The van der Waals surface area contributed by atoms with Gasteiger partial charge in [0.25, 0.3) is 0 Å². The first kappa shape index (κ1) is 21.8. The van der Waals surface area contributed by atoms with Crippen molar-refractivity contribution in [2.45, 2.75) is 52.7 Å². The molecule has 3 aromatic rings. The first-order valence-corrected chi connectivity index (χ1v) is 10.5. The minimum Gasteiger partial charge on any atom is -0.456 e. The van der Waals surface area contributed by atoms with Crippen molar-refractivity contribution in [3.05, 3.63) is 77.4 Å². The lowest BCUT2D eigenvalue weighted by atomic mass is 9.98. The van der Waals surface area contributed by atoms with Crippen LogP contribution in [0, 0.1) is 0 Å². The van der Waals surface area contributed by atoms with Gasteiger partial charge >= 0.3 is 5.97 Å². The third kappa shape index (κ3) is 5.36. The zero-order valence-electron chi connectivity index (χ0n) is 18.3. The Morgan fingerprint density at radius 1 is 1.10 bits per heavy atom. The van der Waals surface area contributed by atoms with E-state index in [4.69, 9.17) is 10.5 Å². The molecule has 0 bridgehead atoms. The van der Waals surface area contributed by atoms with E-state index in [1.807, 2.05) is 45.0 Å². The number of imidazole rings is 1. The van der Waals surface area contributed by atoms with Gasteiger partial charge in [0.05, 0.1) is 11.3 Å². The molecule has 1 heterocycles. The number of benzene rings is 2. The van der Waals surface area contributed by atoms with Crippen molar-refractivity contribution in [1.82, 2.24) is 9.55 Å². The lowest BCUT2D eigenvalue weighted by Gasteiger charge is -2.20. The van der Waals surface area contributed by atoms with Crippen LogP contribution in [0.5, 0.6) is 0 Å². The SMILES string of the molecule is CCc1nc(CCN)cn1Cc1ccc(-c2ccccc2C(=O)OC(C)(C)C)cc1. The number of aromatic nitrogens is 2. The van der Waals surface area contributed by atoms with Crippen LogP contribution in [0.15, 0.2) is 54.7 Å². The van der Waals surface area contributed by atoms with E-state index in [-0.39, 0.29) is 5.97 Å². The predicted molar refractivity (Wildman–Crippen MR) is 121 cm³/mol. The summed E-state index contributed by atoms with van der Waals surface area (Å²) in [7, 11) is 0. The van der Waals surface area contributed by atoms with Gasteiger partial charge < -0.3 is 15.0 Å². The summed E-state index contributed by atoms with van der Waals surface area (Å²) in [4.78, 5) is 17.3. The number of carbonyl (C=O) groups excluding carboxylic acids is 1. The standard InChI is InChI=1S/C25H31N3O2/c1-5-23-27-20(14-15-26)17-28(23)16-18-10-12-19(13-11-18)21-8-6-7-9-22(21)24(29)30-25(2,3)4/h6-13,17H,5,14-16,26H2,1-4H3. The normalized spacial score (nSPS) is 11.5. The van der Waals surface area contributed by atoms with Gasteiger partial charge in [-0.1, -0.05) is 49.4 Å². The summed E-state index contributed by atoms with van der Waals surface area (Å²) in [6.07, 6.45) is 3.77. The molecule has 0 unspecified atom stereocenters. The van der Waals surface area contributed by atoms with Gasteiger partial charge in [-0.05, 0) is 50.1 Å². The van der Waals surface area contributed by atoms with Crippen molar-refractivity contribution < 1.29 is 9.53 Å². The number of ether oxygens (including phenoxy) is 1. The number of carbonyl (C=O) groups is 1. The van der Waals surface area contributed by atoms with Crippen LogP contribution in [-0.2, 0) is 24.1 Å². The molecule has 158 valence electrons. The van der Waals surface area contributed by atoms with Crippen LogP contribution in [0.3, 0.4) is 0 Å². The molecule has 2 aromatic carbocycles. The van der Waals surface area contributed by atoms with E-state index in [1.165, 1.54) is 5.56 Å². The Morgan fingerprint density at radius 3 is 2.43 bits per heavy atom. The summed E-state index contributed by atoms with van der Waals surface area (Å²) in [5.74, 6) is 0.762. The van der Waals surface area contributed by atoms with E-state index in [1.54, 1.807) is 0 Å². The van der Waals surface area contributed by atoms with Gasteiger partial charge in [0, 0.05) is 25.6 Å². The first-order chi connectivity index (χ1) is 14.3. The van der Waals surface area contributed by atoms with Crippen molar-refractivity contribution in [3.8, 4) is 11.1 Å². The molecule has 3 rings (SSSR count). The molecule has 0 radical (unpaired) electrons. The molecule has 2 N–H and O–H groups in total. The summed E-state index contributed by atoms with van der Waals surface area (Å²) in [6.45, 7) is 9.11. The minimum atomic E-state index is -0.529. The molecule has 30 heavy (non-hydrogen) atoms. The third-order valence-corrected chi connectivity index (χ3v) is 4.79. The summed E-state index contributed by atoms with van der Waals surface area (Å²) in [6, 6.07) is 15.9. The molecule has 0 aliphatic carbocycles. The lowest BCUT2D eigenvalue weighted by molar-refractivity contribution is 0.00704. The second-order valence-corrected chi connectivity index (χ2v) is 8.41. The van der Waals surface area contributed by atoms with Crippen molar-refractivity contribution in [1.29, 1.82) is 0 Å². The number of nitrogens with two attached hydrogens (primary N) is 1. The third-order valence-electron chi connectivity index (χ3n) is 4.79. The molecule has 0 spiro atoms. The minimum absolute atomic E-state index is 0.305. The number of esters is 1. The van der Waals surface area contributed by atoms with E-state index in [0.717, 1.165) is 42.0 Å². The highest BCUT2D eigenvalue weighted by Gasteiger charge is 2.20. The van der Waals surface area contributed by atoms with Crippen molar-refractivity contribution >= 4 is 5.97 Å². The second-order valence-electron chi connectivity index (χ2n) is 8.41. The van der Waals surface area contributed by atoms with Gasteiger partial charge in [0.2, 0.25) is 0 Å². The molecule has 5 nitrogen and oxygen atoms in total. The van der Waals surface area contributed by atoms with Crippen molar-refractivity contribution in [3.63, 3.8) is 0 Å². The zero-order chi connectivity index (χ0) is 21.7. The van der Waals surface area contributed by atoms with E-state index in [0.29, 0.717) is 12.1 Å². The Labute approximate surface area is 178 Å². The van der Waals surface area contributed by atoms with Gasteiger partial charge in [0.15, 0.2) is 0 Å². The fraction of sp³-hybridized carbons (Fsp3) is 0.360. The van der Waals surface area contributed by atoms with Crippen molar-refractivity contribution in [2.75, 3.05) is 6.54 Å². The summed E-state index contributed by atoms with van der Waals surface area (Å²) in [5, 5.41) is 0. The van der Waals surface area contributed by atoms with Crippen LogP contribution >= 0.6 is 0 Å². The number of hydrogen-bond donors (Lipinski definition) is 1. The Kier molecular flexibility index (Phi) is 6.73. The Bertz CT molecular complexity index is 998. The fourth-order valence-electron chi connectivity index (χ4n) is 3.43. The van der Waals surface area contributed by atoms with Crippen molar-refractivity contribution in [2.24, 2.45) is 5.73 Å². The second kappa shape index (κ2) is 9.26. The highest BCUT2D eigenvalue weighted by molar-refractivity contribution is 5.97. The monoisotopic (exact) mass is 405 g/mol. The fourth-order valence-corrected chi connectivity index (χ4v) is 3.43. The Hall–Kier alpha value is -2.92. The van der Waals surface area contributed by atoms with Gasteiger partial charge in [-0.2, -0.15) is 0 Å². The van der Waals surface area contributed by atoms with Gasteiger partial charge in [-0.25, -0.2) is 9.78 Å². The maximum absolute atomic E-state index is 12.6. The zero-order valence-corrected chi connectivity index (χ0v) is 18.3. The van der Waals surface area contributed by atoms with Crippen LogP contribution in [0.2, 0.25) is 0 Å². The number of hydrogen-bond acceptors (Lipinski definition) is 4. The Morgan fingerprint density at radius 2 is 1.80 bits per heavy atom. The topological polar surface area (TPSA) is 70.1 Å². The van der Waals surface area contributed by atoms with Gasteiger partial charge in [-0.15, -0.1) is 0 Å². The summed E-state index contributed by atoms with van der Waals surface area (Å²) >= 11 is 0. The smallest absolute Gasteiger partial charge is 0.339 e. The predicted octanol–water partition coefficient (Wildman–Crippen LogP) is 4.62. The van der Waals surface area contributed by atoms with Gasteiger partial charge in [-0.3, -0.25) is 0 Å². The molecule has 0 aliphatic heterocycles. The van der Waals surface area contributed by atoms with E-state index in [2.05, 4.69) is 46.9 Å². The highest BCUT2D eigenvalue weighted by Crippen LogP contribution is 2.26. The van der Waals surface area contributed by atoms with E-state index in [9.17, 15) is 4.79 Å². The number of nitrogens with zero attached hydrogens (tertiary/aromatic N) is 2. The summed E-state index contributed by atoms with van der Waals surface area (Å²) < 4.78 is 7.77. The Balaban J connectivity index is 1.83. The molecular formula is C25H31N3O2. The molecule has 1 aromatic heterocycles. The highest BCUT2D eigenvalue weighted by atomic mass is 16.6. The molecule has 0 fully saturated rings. The average Bonchev–Trinajstić information content (AvgIpc) is 3.09. The maximum Gasteiger partial charge on any atom is 0.339 e. The molecule has 0 aliphatic rings. The average molecular weight is 406 g/mol. The molecule has 0 saturated heterocycles. The molecule has 0 saturated carbocycles. The van der Waals surface area contributed by atoms with Crippen LogP contribution in [0.1, 0.15) is 55.1 Å². The van der Waals surface area contributed by atoms with Crippen LogP contribution in [-0.4, -0.2) is 27.7 Å². The summed E-state index contributed by atoms with van der Waals surface area (Å²) in [5.41, 5.74) is 9.81. The van der Waals surface area contributed by atoms with Gasteiger partial charge in [0.1, 0.15) is 11.4 Å². The number of aryl methyl sites for hydroxylation is 1. The van der Waals surface area contributed by atoms with E-state index >= 15 is 0 Å². The van der Waals surface area contributed by atoms with E-state index < -0.39 is 5.60 Å². The lowest BCUT2D eigenvalue weighted by Crippen LogP contribution is -2.24. The van der Waals surface area contributed by atoms with Crippen LogP contribution in [0.4, 0.5) is 0 Å². The molecule has 5 heteroatoms. The molecule has 0 atom stereocenters. The molecule has 0 amide bonds. The first-order valence-electron chi connectivity index (χ1n) is 10.5. The van der Waals surface area contributed by atoms with Crippen LogP contribution in [0.25, 0.3) is 11.1 Å².